The maximum Gasteiger partial charge on any atom is 0.341 e. The number of guanidine groups is 4. The molecule has 2 aliphatic carbocycles. The molecule has 68 heavy (non-hydrogen) atoms. The van der Waals surface area contributed by atoms with Gasteiger partial charge < -0.3 is 52.1 Å². The number of carboxylic acids is 2. The Morgan fingerprint density at radius 1 is 0.632 bits per heavy atom. The molecule has 362 valence electrons. The first-order valence-corrected chi connectivity index (χ1v) is 23.2. The van der Waals surface area contributed by atoms with Crippen LogP contribution in [0.1, 0.15) is 97.0 Å². The number of hydrogen-bond donors (Lipinski definition) is 8. The van der Waals surface area contributed by atoms with Crippen molar-refractivity contribution in [1.29, 1.82) is 0 Å². The molecule has 8 rings (SSSR count). The highest BCUT2D eigenvalue weighted by Crippen LogP contribution is 2.44. The number of rotatable bonds is 15. The van der Waals surface area contributed by atoms with E-state index in [9.17, 15) is 29.4 Å². The maximum atomic E-state index is 15.6. The summed E-state index contributed by atoms with van der Waals surface area (Å²) in [4.78, 5) is 70.5. The third-order valence-electron chi connectivity index (χ3n) is 12.5. The Kier molecular flexibility index (Phi) is 14.0. The van der Waals surface area contributed by atoms with Crippen molar-refractivity contribution in [3.05, 3.63) is 77.8 Å². The number of nitrogens with one attached hydrogen (secondary N) is 2. The highest BCUT2D eigenvalue weighted by Gasteiger charge is 2.34. The number of unbranched alkanes of at least 4 members (excludes halogenated alkanes) is 3. The molecule has 20 nitrogen and oxygen atoms in total. The fraction of sp³-hybridized carbons (Fsp3) is 0.455. The molecule has 0 spiro atoms. The van der Waals surface area contributed by atoms with Gasteiger partial charge in [-0.3, -0.25) is 30.2 Å². The summed E-state index contributed by atoms with van der Waals surface area (Å²) >= 11 is 13.6. The fourth-order valence-electron chi connectivity index (χ4n) is 8.91. The van der Waals surface area contributed by atoms with Crippen molar-refractivity contribution >= 4 is 92.2 Å². The number of aliphatic imine (C=N–C) groups is 4. The molecule has 4 heterocycles. The number of carboxylic acid groups (broad SMARTS) is 2. The molecule has 4 aliphatic rings. The largest absolute Gasteiger partial charge is 0.477 e. The van der Waals surface area contributed by atoms with Gasteiger partial charge in [0, 0.05) is 63.7 Å². The van der Waals surface area contributed by atoms with E-state index in [4.69, 9.17) is 46.1 Å². The molecule has 2 aliphatic heterocycles. The number of aromatic carboxylic acids is 2. The topological polar surface area (TPSA) is 303 Å². The van der Waals surface area contributed by atoms with Crippen molar-refractivity contribution < 1.29 is 28.6 Å². The van der Waals surface area contributed by atoms with Crippen molar-refractivity contribution in [3.63, 3.8) is 0 Å². The van der Waals surface area contributed by atoms with Crippen LogP contribution >= 0.6 is 23.2 Å². The Bertz CT molecular complexity index is 2740. The molecule has 0 bridgehead atoms. The zero-order chi connectivity index (χ0) is 48.6. The molecule has 0 amide bonds. The van der Waals surface area contributed by atoms with Crippen LogP contribution in [-0.2, 0) is 0 Å². The fourth-order valence-corrected chi connectivity index (χ4v) is 9.72. The maximum absolute atomic E-state index is 15.6. The average molecular weight is 982 g/mol. The summed E-state index contributed by atoms with van der Waals surface area (Å²) in [5, 5.41) is 24.7. The zero-order valence-corrected chi connectivity index (χ0v) is 38.4. The van der Waals surface area contributed by atoms with Crippen LogP contribution in [0.4, 0.5) is 20.2 Å². The van der Waals surface area contributed by atoms with Crippen LogP contribution in [-0.4, -0.2) is 106 Å². The number of pyridine rings is 2. The minimum absolute atomic E-state index is 0.0251. The van der Waals surface area contributed by atoms with Crippen LogP contribution in [0, 0.1) is 11.6 Å². The van der Waals surface area contributed by atoms with E-state index in [0.29, 0.717) is 50.1 Å². The molecule has 24 heteroatoms. The lowest BCUT2D eigenvalue weighted by Gasteiger charge is -2.23. The predicted molar refractivity (Wildman–Crippen MR) is 259 cm³/mol. The smallest absolute Gasteiger partial charge is 0.341 e. The zero-order valence-electron chi connectivity index (χ0n) is 36.9. The SMILES string of the molecule is NC(=NCCCCCCN=C(N)NC(N)=NC1CCN(c2c(F)cc3c(=O)c(C(=O)O)cn(C4CC4)c3c2Cl)C1)NC(N)=NC1CCN(c2c(F)cc3c(=O)c(C(=O)O)cn(C4CC4)c3c2Cl)C1. The lowest BCUT2D eigenvalue weighted by Crippen LogP contribution is -2.42. The molecule has 4 aromatic rings. The van der Waals surface area contributed by atoms with Gasteiger partial charge in [0.2, 0.25) is 10.9 Å². The van der Waals surface area contributed by atoms with Crippen LogP contribution in [0.25, 0.3) is 21.8 Å². The Hall–Kier alpha value is -6.68. The van der Waals surface area contributed by atoms with E-state index in [1.165, 1.54) is 12.4 Å². The summed E-state index contributed by atoms with van der Waals surface area (Å²) in [5.74, 6) is -3.94. The first kappa shape index (κ1) is 47.8. The number of halogens is 4. The summed E-state index contributed by atoms with van der Waals surface area (Å²) in [7, 11) is 0. The normalized spacial score (nSPS) is 19.4. The minimum atomic E-state index is -1.38. The number of carbonyl (C=O) groups is 2. The average Bonchev–Trinajstić information content (AvgIpc) is 4.21. The van der Waals surface area contributed by atoms with Crippen molar-refractivity contribution in [1.82, 2.24) is 19.8 Å². The van der Waals surface area contributed by atoms with Gasteiger partial charge in [-0.2, -0.15) is 0 Å². The lowest BCUT2D eigenvalue weighted by molar-refractivity contribution is 0.0684. The van der Waals surface area contributed by atoms with Gasteiger partial charge >= 0.3 is 11.9 Å². The monoisotopic (exact) mass is 980 g/mol. The van der Waals surface area contributed by atoms with Gasteiger partial charge in [-0.15, -0.1) is 0 Å². The molecule has 0 radical (unpaired) electrons. The van der Waals surface area contributed by atoms with Gasteiger partial charge in [0.05, 0.1) is 55.3 Å². The lowest BCUT2D eigenvalue weighted by atomic mass is 10.1. The molecular formula is C44H52Cl2F2N14O6. The molecular weight excluding hydrogens is 929 g/mol. The first-order chi connectivity index (χ1) is 32.5. The number of nitrogens with zero attached hydrogens (tertiary/aromatic N) is 8. The number of nitrogens with two attached hydrogens (primary N) is 4. The molecule has 2 saturated carbocycles. The third-order valence-corrected chi connectivity index (χ3v) is 13.2. The Morgan fingerprint density at radius 2 is 1.01 bits per heavy atom. The predicted octanol–water partition coefficient (Wildman–Crippen LogP) is 3.82. The molecule has 2 unspecified atom stereocenters. The van der Waals surface area contributed by atoms with Crippen LogP contribution in [0.5, 0.6) is 0 Å². The van der Waals surface area contributed by atoms with E-state index in [2.05, 4.69) is 30.6 Å². The van der Waals surface area contributed by atoms with Crippen LogP contribution in [0.15, 0.2) is 54.1 Å². The van der Waals surface area contributed by atoms with E-state index in [1.54, 1.807) is 18.9 Å². The quantitative estimate of drug-likeness (QED) is 0.0477. The Morgan fingerprint density at radius 3 is 1.37 bits per heavy atom. The van der Waals surface area contributed by atoms with E-state index in [1.807, 2.05) is 0 Å². The second kappa shape index (κ2) is 19.9. The summed E-state index contributed by atoms with van der Waals surface area (Å²) in [6.45, 7) is 2.28. The van der Waals surface area contributed by atoms with E-state index >= 15 is 8.78 Å². The summed E-state index contributed by atoms with van der Waals surface area (Å²) in [6, 6.07) is 1.44. The van der Waals surface area contributed by atoms with Gasteiger partial charge in [0.25, 0.3) is 0 Å². The summed E-state index contributed by atoms with van der Waals surface area (Å²) in [5.41, 5.74) is 22.8. The van der Waals surface area contributed by atoms with Gasteiger partial charge in [-0.25, -0.2) is 28.4 Å². The number of hydrogen-bond acceptors (Lipinski definition) is 10. The number of aromatic nitrogens is 2. The standard InChI is InChI=1S/C44H52Cl2F2N14O6/c45-31-33-25(37(63)27(39(65)66)19-61(33)23-5-6-23)15-29(47)35(31)59-13-9-21(17-59)55-43(51)57-41(49)53-11-3-1-2-4-12-54-42(50)58-44(52)56-22-10-14-60(18-22)36-30(48)16-26-34(32(36)46)62(24-7-8-24)20-28(38(26)64)40(67)68/h15-16,19-24H,1-14,17-18H2,(H,65,66)(H,67,68)(H5,49,51,53,55,57)(H5,50,52,54,56,58). The number of fused-ring (bicyclic) bond motifs is 2. The molecule has 12 N–H and O–H groups in total. The van der Waals surface area contributed by atoms with E-state index in [-0.39, 0.29) is 93.3 Å². The van der Waals surface area contributed by atoms with Gasteiger partial charge in [0.1, 0.15) is 22.8 Å². The second-order valence-corrected chi connectivity index (χ2v) is 18.2. The van der Waals surface area contributed by atoms with Crippen LogP contribution in [0.3, 0.4) is 0 Å². The molecule has 2 aromatic heterocycles. The van der Waals surface area contributed by atoms with Gasteiger partial charge in [-0.05, 0) is 63.5 Å². The number of anilines is 2. The molecule has 2 saturated heterocycles. The van der Waals surface area contributed by atoms with Crippen LogP contribution < -0.4 is 54.2 Å². The molecule has 2 atom stereocenters. The van der Waals surface area contributed by atoms with Crippen molar-refractivity contribution in [2.75, 3.05) is 49.1 Å². The second-order valence-electron chi connectivity index (χ2n) is 17.5. The molecule has 2 aromatic carbocycles. The van der Waals surface area contributed by atoms with Gasteiger partial charge in [0.15, 0.2) is 23.8 Å². The third kappa shape index (κ3) is 10.2. The highest BCUT2D eigenvalue weighted by atomic mass is 35.5. The first-order valence-electron chi connectivity index (χ1n) is 22.4. The summed E-state index contributed by atoms with van der Waals surface area (Å²) < 4.78 is 34.5. The van der Waals surface area contributed by atoms with E-state index < -0.39 is 45.6 Å². The Labute approximate surface area is 397 Å². The van der Waals surface area contributed by atoms with Crippen molar-refractivity contribution in [2.24, 2.45) is 42.9 Å². The van der Waals surface area contributed by atoms with Crippen LogP contribution in [0.2, 0.25) is 10.0 Å². The highest BCUT2D eigenvalue weighted by molar-refractivity contribution is 6.38. The minimum Gasteiger partial charge on any atom is -0.477 e. The molecule has 4 fully saturated rings. The van der Waals surface area contributed by atoms with Crippen molar-refractivity contribution in [2.45, 2.75) is 88.4 Å². The summed E-state index contributed by atoms with van der Waals surface area (Å²) in [6.07, 6.45) is 10.0. The van der Waals surface area contributed by atoms with E-state index in [0.717, 1.165) is 63.5 Å². The Balaban J connectivity index is 0.758. The van der Waals surface area contributed by atoms with Crippen molar-refractivity contribution in [3.8, 4) is 0 Å². The number of benzene rings is 2. The van der Waals surface area contributed by atoms with Gasteiger partial charge in [-0.1, -0.05) is 36.0 Å².